The van der Waals surface area contributed by atoms with Crippen LogP contribution in [0.2, 0.25) is 0 Å². The summed E-state index contributed by atoms with van der Waals surface area (Å²) in [4.78, 5) is 24.0. The third-order valence-electron chi connectivity index (χ3n) is 2.30. The van der Waals surface area contributed by atoms with Gasteiger partial charge in [-0.15, -0.1) is 0 Å². The number of rotatable bonds is 5. The first-order valence-corrected chi connectivity index (χ1v) is 6.86. The first kappa shape index (κ1) is 19.1. The average Bonchev–Trinajstić information content (AvgIpc) is 2.08. The molecular weight excluding hydrogens is 258 g/mol. The summed E-state index contributed by atoms with van der Waals surface area (Å²) in [6, 6.07) is -0.929. The number of Topliss-reactive ketones (excluding diaryl/α,β-unsaturated/α-hetero) is 1. The molecule has 5 heteroatoms. The minimum absolute atomic E-state index is 0.146. The quantitative estimate of drug-likeness (QED) is 0.784. The second-order valence-electron chi connectivity index (χ2n) is 7.49. The van der Waals surface area contributed by atoms with E-state index in [1.165, 1.54) is 0 Å². The van der Waals surface area contributed by atoms with E-state index in [0.29, 0.717) is 0 Å². The third-order valence-corrected chi connectivity index (χ3v) is 2.30. The molecule has 1 unspecified atom stereocenters. The van der Waals surface area contributed by atoms with Crippen molar-refractivity contribution in [1.82, 2.24) is 0 Å². The molecule has 1 atom stereocenters. The van der Waals surface area contributed by atoms with Gasteiger partial charge in [0.25, 0.3) is 0 Å². The maximum atomic E-state index is 12.3. The Morgan fingerprint density at radius 3 is 1.75 bits per heavy atom. The predicted octanol–water partition coefficient (Wildman–Crippen LogP) is 2.21. The van der Waals surface area contributed by atoms with E-state index < -0.39 is 28.8 Å². The number of ether oxygens (including phenoxy) is 2. The monoisotopic (exact) mass is 287 g/mol. The summed E-state index contributed by atoms with van der Waals surface area (Å²) in [7, 11) is 0. The van der Waals surface area contributed by atoms with Gasteiger partial charge in [-0.25, -0.2) is 0 Å². The molecule has 0 bridgehead atoms. The van der Waals surface area contributed by atoms with E-state index in [-0.39, 0.29) is 12.2 Å². The van der Waals surface area contributed by atoms with Crippen molar-refractivity contribution in [2.24, 2.45) is 5.73 Å². The van der Waals surface area contributed by atoms with E-state index in [9.17, 15) is 9.59 Å². The third kappa shape index (κ3) is 7.60. The fourth-order valence-electron chi connectivity index (χ4n) is 1.92. The summed E-state index contributed by atoms with van der Waals surface area (Å²) in [6.45, 7) is 14.2. The summed E-state index contributed by atoms with van der Waals surface area (Å²) < 4.78 is 10.9. The van der Waals surface area contributed by atoms with Crippen molar-refractivity contribution in [3.63, 3.8) is 0 Å². The molecule has 0 fully saturated rings. The van der Waals surface area contributed by atoms with Crippen molar-refractivity contribution >= 4 is 11.8 Å². The molecule has 20 heavy (non-hydrogen) atoms. The number of carbonyl (C=O) groups excluding carboxylic acids is 2. The zero-order chi connectivity index (χ0) is 16.4. The Labute approximate surface area is 122 Å². The van der Waals surface area contributed by atoms with E-state index in [2.05, 4.69) is 0 Å². The first-order chi connectivity index (χ1) is 8.64. The molecule has 2 N–H and O–H groups in total. The van der Waals surface area contributed by atoms with Crippen LogP contribution in [-0.4, -0.2) is 34.6 Å². The second-order valence-corrected chi connectivity index (χ2v) is 7.49. The molecule has 0 aliphatic carbocycles. The van der Waals surface area contributed by atoms with Crippen molar-refractivity contribution in [2.45, 2.75) is 84.7 Å². The molecule has 0 amide bonds. The molecule has 0 aliphatic heterocycles. The maximum Gasteiger partial charge on any atom is 0.308 e. The highest BCUT2D eigenvalue weighted by molar-refractivity contribution is 5.94. The SMILES string of the molecule is CC(C)(C)OC(=O)CC(N)C(=O)C(C)(C)OC(C)(C)C. The Morgan fingerprint density at radius 2 is 1.40 bits per heavy atom. The number of nitrogens with two attached hydrogens (primary N) is 1. The number of hydrogen-bond acceptors (Lipinski definition) is 5. The van der Waals surface area contributed by atoms with E-state index >= 15 is 0 Å². The zero-order valence-electron chi connectivity index (χ0n) is 14.0. The zero-order valence-corrected chi connectivity index (χ0v) is 14.0. The molecule has 0 aromatic rings. The van der Waals surface area contributed by atoms with Crippen molar-refractivity contribution < 1.29 is 19.1 Å². The van der Waals surface area contributed by atoms with Gasteiger partial charge in [-0.3, -0.25) is 9.59 Å². The molecule has 0 aromatic heterocycles. The van der Waals surface area contributed by atoms with Gasteiger partial charge >= 0.3 is 5.97 Å². The second kappa shape index (κ2) is 6.22. The van der Waals surface area contributed by atoms with Crippen LogP contribution in [0, 0.1) is 0 Å². The van der Waals surface area contributed by atoms with Crippen LogP contribution in [0.5, 0.6) is 0 Å². The van der Waals surface area contributed by atoms with Gasteiger partial charge in [0.1, 0.15) is 11.2 Å². The Morgan fingerprint density at radius 1 is 0.950 bits per heavy atom. The molecule has 0 aromatic carbocycles. The van der Waals surface area contributed by atoms with Gasteiger partial charge in [0.15, 0.2) is 5.78 Å². The van der Waals surface area contributed by atoms with E-state index in [1.807, 2.05) is 20.8 Å². The van der Waals surface area contributed by atoms with Crippen LogP contribution >= 0.6 is 0 Å². The smallest absolute Gasteiger partial charge is 0.308 e. The summed E-state index contributed by atoms with van der Waals surface area (Å²) in [5, 5.41) is 0. The number of hydrogen-bond donors (Lipinski definition) is 1. The van der Waals surface area contributed by atoms with Gasteiger partial charge in [-0.05, 0) is 55.4 Å². The summed E-state index contributed by atoms with van der Waals surface area (Å²) in [5.41, 5.74) is 3.72. The van der Waals surface area contributed by atoms with Gasteiger partial charge in [0.2, 0.25) is 0 Å². The van der Waals surface area contributed by atoms with Crippen LogP contribution in [0.4, 0.5) is 0 Å². The van der Waals surface area contributed by atoms with Gasteiger partial charge in [-0.2, -0.15) is 0 Å². The van der Waals surface area contributed by atoms with Crippen LogP contribution in [0.3, 0.4) is 0 Å². The highest BCUT2D eigenvalue weighted by Gasteiger charge is 2.37. The lowest BCUT2D eigenvalue weighted by Gasteiger charge is -2.34. The molecule has 0 spiro atoms. The van der Waals surface area contributed by atoms with E-state index in [1.54, 1.807) is 34.6 Å². The minimum Gasteiger partial charge on any atom is -0.460 e. The van der Waals surface area contributed by atoms with Gasteiger partial charge < -0.3 is 15.2 Å². The number of carbonyl (C=O) groups is 2. The van der Waals surface area contributed by atoms with Crippen LogP contribution in [0.15, 0.2) is 0 Å². The van der Waals surface area contributed by atoms with Gasteiger partial charge in [0.05, 0.1) is 18.1 Å². The molecule has 0 heterocycles. The van der Waals surface area contributed by atoms with Crippen LogP contribution in [0.1, 0.15) is 61.8 Å². The molecule has 0 saturated heterocycles. The Hall–Kier alpha value is -0.940. The Bertz CT molecular complexity index is 361. The fraction of sp³-hybridized carbons (Fsp3) is 0.867. The molecule has 0 aliphatic rings. The molecule has 0 radical (unpaired) electrons. The molecule has 118 valence electrons. The maximum absolute atomic E-state index is 12.3. The lowest BCUT2D eigenvalue weighted by atomic mass is 9.94. The topological polar surface area (TPSA) is 78.6 Å². The normalized spacial score (nSPS) is 14.8. The lowest BCUT2D eigenvalue weighted by Crippen LogP contribution is -2.50. The number of esters is 1. The largest absolute Gasteiger partial charge is 0.460 e. The Balaban J connectivity index is 4.66. The number of ketones is 1. The fourth-order valence-corrected chi connectivity index (χ4v) is 1.92. The Kier molecular flexibility index (Phi) is 5.93. The lowest BCUT2D eigenvalue weighted by molar-refractivity contribution is -0.163. The standard InChI is InChI=1S/C15H29NO4/c1-13(2,3)19-11(17)9-10(16)12(18)15(7,8)20-14(4,5)6/h10H,9,16H2,1-8H3. The van der Waals surface area contributed by atoms with Crippen molar-refractivity contribution in [2.75, 3.05) is 0 Å². The molecule has 0 rings (SSSR count). The molecular formula is C15H29NO4. The van der Waals surface area contributed by atoms with Crippen molar-refractivity contribution in [1.29, 1.82) is 0 Å². The van der Waals surface area contributed by atoms with Crippen LogP contribution in [0.25, 0.3) is 0 Å². The van der Waals surface area contributed by atoms with E-state index in [4.69, 9.17) is 15.2 Å². The molecule has 5 nitrogen and oxygen atoms in total. The van der Waals surface area contributed by atoms with Crippen molar-refractivity contribution in [3.8, 4) is 0 Å². The predicted molar refractivity (Wildman–Crippen MR) is 78.4 cm³/mol. The average molecular weight is 287 g/mol. The highest BCUT2D eigenvalue weighted by Crippen LogP contribution is 2.22. The van der Waals surface area contributed by atoms with Gasteiger partial charge in [0, 0.05) is 0 Å². The highest BCUT2D eigenvalue weighted by atomic mass is 16.6. The molecule has 0 saturated carbocycles. The van der Waals surface area contributed by atoms with Crippen molar-refractivity contribution in [3.05, 3.63) is 0 Å². The van der Waals surface area contributed by atoms with Gasteiger partial charge in [-0.1, -0.05) is 0 Å². The van der Waals surface area contributed by atoms with Crippen LogP contribution < -0.4 is 5.73 Å². The summed E-state index contributed by atoms with van der Waals surface area (Å²) >= 11 is 0. The minimum atomic E-state index is -1.04. The first-order valence-electron chi connectivity index (χ1n) is 6.86. The summed E-state index contributed by atoms with van der Waals surface area (Å²) in [6.07, 6.45) is -0.146. The van der Waals surface area contributed by atoms with E-state index in [0.717, 1.165) is 0 Å². The summed E-state index contributed by atoms with van der Waals surface area (Å²) in [5.74, 6) is -0.789. The van der Waals surface area contributed by atoms with Crippen LogP contribution in [-0.2, 0) is 19.1 Å².